The van der Waals surface area contributed by atoms with E-state index in [1.54, 1.807) is 6.92 Å². The second-order valence-electron chi connectivity index (χ2n) is 6.53. The number of amides is 1. The highest BCUT2D eigenvalue weighted by atomic mass is 19.1. The van der Waals surface area contributed by atoms with Crippen LogP contribution in [0.4, 0.5) is 14.6 Å². The smallest absolute Gasteiger partial charge is 0.301 e. The standard InChI is InChI=1S/C21H14F2N2O4/c1-11-9-16(24-29-11)25-18(13-3-2-4-15(23)10-13)17(20(27)21(25)28)19(26)12-5-7-14(22)8-6-12/h2-10,18,26H,1H3/t18-/m1/s1. The van der Waals surface area contributed by atoms with Crippen molar-refractivity contribution in [3.8, 4) is 0 Å². The van der Waals surface area contributed by atoms with E-state index in [1.165, 1.54) is 36.4 Å². The molecule has 146 valence electrons. The number of hydrogen-bond donors (Lipinski definition) is 1. The van der Waals surface area contributed by atoms with Crippen molar-refractivity contribution in [1.82, 2.24) is 5.16 Å². The van der Waals surface area contributed by atoms with E-state index >= 15 is 0 Å². The molecule has 3 aromatic rings. The topological polar surface area (TPSA) is 83.6 Å². The van der Waals surface area contributed by atoms with E-state index in [0.717, 1.165) is 23.1 Å². The van der Waals surface area contributed by atoms with Crippen molar-refractivity contribution in [3.63, 3.8) is 0 Å². The first-order valence-corrected chi connectivity index (χ1v) is 8.62. The van der Waals surface area contributed by atoms with Gasteiger partial charge in [-0.05, 0) is 48.9 Å². The van der Waals surface area contributed by atoms with Crippen molar-refractivity contribution in [2.24, 2.45) is 0 Å². The van der Waals surface area contributed by atoms with Crippen LogP contribution in [-0.2, 0) is 9.59 Å². The molecule has 1 aromatic heterocycles. The first-order chi connectivity index (χ1) is 13.9. The van der Waals surface area contributed by atoms with E-state index in [4.69, 9.17) is 4.52 Å². The number of hydrogen-bond acceptors (Lipinski definition) is 5. The Morgan fingerprint density at radius 2 is 1.79 bits per heavy atom. The molecule has 0 saturated carbocycles. The number of halogens is 2. The molecular formula is C21H14F2N2O4. The molecule has 4 rings (SSSR count). The van der Waals surface area contributed by atoms with E-state index in [2.05, 4.69) is 5.16 Å². The Bertz CT molecular complexity index is 1150. The minimum absolute atomic E-state index is 0.0528. The van der Waals surface area contributed by atoms with Crippen LogP contribution in [0.1, 0.15) is 22.9 Å². The highest BCUT2D eigenvalue weighted by molar-refractivity contribution is 6.51. The van der Waals surface area contributed by atoms with Crippen LogP contribution >= 0.6 is 0 Å². The zero-order valence-electron chi connectivity index (χ0n) is 15.1. The number of aromatic nitrogens is 1. The average Bonchev–Trinajstić information content (AvgIpc) is 3.23. The third kappa shape index (κ3) is 3.18. The number of Topliss-reactive ketones (excluding diaryl/α,β-unsaturated/α-hetero) is 1. The molecule has 0 aliphatic carbocycles. The van der Waals surface area contributed by atoms with Crippen LogP contribution in [0.2, 0.25) is 0 Å². The van der Waals surface area contributed by atoms with Gasteiger partial charge in [-0.1, -0.05) is 17.3 Å². The van der Waals surface area contributed by atoms with Crippen molar-refractivity contribution in [2.45, 2.75) is 13.0 Å². The fourth-order valence-corrected chi connectivity index (χ4v) is 3.29. The predicted molar refractivity (Wildman–Crippen MR) is 98.8 cm³/mol. The number of carbonyl (C=O) groups excluding carboxylic acids is 2. The molecule has 2 heterocycles. The maximum Gasteiger partial charge on any atom is 0.301 e. The van der Waals surface area contributed by atoms with Gasteiger partial charge in [0.2, 0.25) is 0 Å². The van der Waals surface area contributed by atoms with Crippen molar-refractivity contribution in [2.75, 3.05) is 4.90 Å². The van der Waals surface area contributed by atoms with E-state index in [9.17, 15) is 23.5 Å². The van der Waals surface area contributed by atoms with Crippen molar-refractivity contribution in [3.05, 3.63) is 88.7 Å². The second kappa shape index (κ2) is 6.97. The Kier molecular flexibility index (Phi) is 4.46. The number of aryl methyl sites for hydroxylation is 1. The normalized spacial score (nSPS) is 18.4. The molecule has 0 unspecified atom stereocenters. The van der Waals surface area contributed by atoms with Gasteiger partial charge in [0.15, 0.2) is 5.82 Å². The molecule has 0 spiro atoms. The van der Waals surface area contributed by atoms with Crippen LogP contribution in [0.25, 0.3) is 5.76 Å². The van der Waals surface area contributed by atoms with Crippen LogP contribution in [0, 0.1) is 18.6 Å². The fraction of sp³-hybridized carbons (Fsp3) is 0.0952. The molecule has 2 aromatic carbocycles. The lowest BCUT2D eigenvalue weighted by atomic mass is 9.95. The van der Waals surface area contributed by atoms with E-state index in [0.29, 0.717) is 5.76 Å². The summed E-state index contributed by atoms with van der Waals surface area (Å²) >= 11 is 0. The third-order valence-electron chi connectivity index (χ3n) is 4.59. The van der Waals surface area contributed by atoms with Gasteiger partial charge in [0.1, 0.15) is 23.2 Å². The highest BCUT2D eigenvalue weighted by Gasteiger charge is 2.48. The monoisotopic (exact) mass is 396 g/mol. The van der Waals surface area contributed by atoms with Crippen molar-refractivity contribution >= 4 is 23.3 Å². The summed E-state index contributed by atoms with van der Waals surface area (Å²) in [5.41, 5.74) is 0.142. The SMILES string of the molecule is Cc1cc(N2C(=O)C(=O)C(=C(O)c3ccc(F)cc3)[C@H]2c2cccc(F)c2)no1. The Hall–Kier alpha value is -3.81. The molecular weight excluding hydrogens is 382 g/mol. The molecule has 8 heteroatoms. The maximum absolute atomic E-state index is 13.9. The average molecular weight is 396 g/mol. The number of rotatable bonds is 3. The molecule has 29 heavy (non-hydrogen) atoms. The minimum Gasteiger partial charge on any atom is -0.507 e. The summed E-state index contributed by atoms with van der Waals surface area (Å²) in [5.74, 6) is -3.07. The van der Waals surface area contributed by atoms with Crippen LogP contribution in [0.15, 0.2) is 64.7 Å². The van der Waals surface area contributed by atoms with Gasteiger partial charge in [-0.15, -0.1) is 0 Å². The molecule has 1 aliphatic heterocycles. The van der Waals surface area contributed by atoms with Gasteiger partial charge in [-0.3, -0.25) is 14.5 Å². The molecule has 1 aliphatic rings. The first kappa shape index (κ1) is 18.5. The number of aliphatic hydroxyl groups excluding tert-OH is 1. The zero-order chi connectivity index (χ0) is 20.7. The van der Waals surface area contributed by atoms with Gasteiger partial charge in [0.25, 0.3) is 5.78 Å². The zero-order valence-corrected chi connectivity index (χ0v) is 15.1. The molecule has 1 amide bonds. The maximum atomic E-state index is 13.9. The number of anilines is 1. The number of aliphatic hydroxyl groups is 1. The number of nitrogens with zero attached hydrogens (tertiary/aromatic N) is 2. The molecule has 1 fully saturated rings. The fourth-order valence-electron chi connectivity index (χ4n) is 3.29. The van der Waals surface area contributed by atoms with E-state index in [1.807, 2.05) is 0 Å². The van der Waals surface area contributed by atoms with Crippen LogP contribution < -0.4 is 4.90 Å². The molecule has 1 saturated heterocycles. The van der Waals surface area contributed by atoms with E-state index in [-0.39, 0.29) is 22.5 Å². The summed E-state index contributed by atoms with van der Waals surface area (Å²) in [5, 5.41) is 14.6. The van der Waals surface area contributed by atoms with Gasteiger partial charge in [-0.25, -0.2) is 8.78 Å². The second-order valence-corrected chi connectivity index (χ2v) is 6.53. The lowest BCUT2D eigenvalue weighted by Gasteiger charge is -2.22. The van der Waals surface area contributed by atoms with Crippen molar-refractivity contribution < 1.29 is 28.0 Å². The summed E-state index contributed by atoms with van der Waals surface area (Å²) in [4.78, 5) is 26.6. The van der Waals surface area contributed by atoms with Gasteiger partial charge in [0, 0.05) is 11.6 Å². The third-order valence-corrected chi connectivity index (χ3v) is 4.59. The largest absolute Gasteiger partial charge is 0.507 e. The predicted octanol–water partition coefficient (Wildman–Crippen LogP) is 3.89. The summed E-state index contributed by atoms with van der Waals surface area (Å²) in [6.07, 6.45) is 0. The number of carbonyl (C=O) groups is 2. The highest BCUT2D eigenvalue weighted by Crippen LogP contribution is 2.41. The number of benzene rings is 2. The van der Waals surface area contributed by atoms with Gasteiger partial charge >= 0.3 is 5.91 Å². The quantitative estimate of drug-likeness (QED) is 0.413. The summed E-state index contributed by atoms with van der Waals surface area (Å²) in [6.45, 7) is 1.61. The Morgan fingerprint density at radius 3 is 2.41 bits per heavy atom. The molecule has 6 nitrogen and oxygen atoms in total. The van der Waals surface area contributed by atoms with Crippen molar-refractivity contribution in [1.29, 1.82) is 0 Å². The Labute approximate surface area is 163 Å². The summed E-state index contributed by atoms with van der Waals surface area (Å²) in [7, 11) is 0. The Balaban J connectivity index is 1.95. The lowest BCUT2D eigenvalue weighted by Crippen LogP contribution is -2.29. The van der Waals surface area contributed by atoms with Crippen LogP contribution in [0.5, 0.6) is 0 Å². The minimum atomic E-state index is -1.14. The van der Waals surface area contributed by atoms with Crippen LogP contribution in [0.3, 0.4) is 0 Å². The van der Waals surface area contributed by atoms with Crippen LogP contribution in [-0.4, -0.2) is 22.0 Å². The van der Waals surface area contributed by atoms with Gasteiger partial charge in [0.05, 0.1) is 11.6 Å². The van der Waals surface area contributed by atoms with E-state index < -0.39 is 35.1 Å². The number of ketones is 1. The molecule has 0 radical (unpaired) electrons. The molecule has 1 atom stereocenters. The first-order valence-electron chi connectivity index (χ1n) is 8.62. The van der Waals surface area contributed by atoms with Gasteiger partial charge in [-0.2, -0.15) is 0 Å². The van der Waals surface area contributed by atoms with Gasteiger partial charge < -0.3 is 9.63 Å². The molecule has 1 N–H and O–H groups in total. The lowest BCUT2D eigenvalue weighted by molar-refractivity contribution is -0.132. The Morgan fingerprint density at radius 1 is 1.07 bits per heavy atom. The molecule has 0 bridgehead atoms. The summed E-state index contributed by atoms with van der Waals surface area (Å²) < 4.78 is 32.2. The summed E-state index contributed by atoms with van der Waals surface area (Å²) in [6, 6.07) is 10.4.